The predicted molar refractivity (Wildman–Crippen MR) is 161 cm³/mol. The van der Waals surface area contributed by atoms with E-state index in [9.17, 15) is 22.4 Å². The lowest BCUT2D eigenvalue weighted by Gasteiger charge is -2.29. The van der Waals surface area contributed by atoms with E-state index in [1.165, 1.54) is 29.2 Å². The monoisotopic (exact) mass is 611 g/mol. The van der Waals surface area contributed by atoms with Gasteiger partial charge in [0, 0.05) is 25.6 Å². The lowest BCUT2D eigenvalue weighted by Crippen LogP contribution is -2.48. The number of nitrogens with one attached hydrogen (secondary N) is 2. The Kier molecular flexibility index (Phi) is 10.8. The van der Waals surface area contributed by atoms with Crippen LogP contribution >= 0.6 is 0 Å². The Morgan fingerprint density at radius 1 is 0.907 bits per heavy atom. The maximum Gasteiger partial charge on any atom is 0.242 e. The van der Waals surface area contributed by atoms with Crippen molar-refractivity contribution in [3.05, 3.63) is 89.2 Å². The molecule has 9 nitrogen and oxygen atoms in total. The number of carbonyl (C=O) groups excluding carboxylic acids is 2. The van der Waals surface area contributed by atoms with Gasteiger partial charge in [-0.25, -0.2) is 17.5 Å². The summed E-state index contributed by atoms with van der Waals surface area (Å²) in [7, 11) is -0.433. The number of hydrogen-bond acceptors (Lipinski definition) is 6. The van der Waals surface area contributed by atoms with E-state index in [2.05, 4.69) is 10.0 Å². The normalized spacial score (nSPS) is 13.7. The Labute approximate surface area is 252 Å². The molecule has 2 N–H and O–H groups in total. The summed E-state index contributed by atoms with van der Waals surface area (Å²) in [6.45, 7) is 2.15. The van der Waals surface area contributed by atoms with Crippen molar-refractivity contribution >= 4 is 21.8 Å². The largest absolute Gasteiger partial charge is 0.493 e. The van der Waals surface area contributed by atoms with Crippen molar-refractivity contribution in [2.45, 2.75) is 62.6 Å². The van der Waals surface area contributed by atoms with Crippen molar-refractivity contribution in [1.82, 2.24) is 14.9 Å². The van der Waals surface area contributed by atoms with Gasteiger partial charge in [-0.1, -0.05) is 30.3 Å². The fourth-order valence-corrected chi connectivity index (χ4v) is 5.91. The molecule has 3 aromatic carbocycles. The molecule has 0 saturated heterocycles. The van der Waals surface area contributed by atoms with Gasteiger partial charge in [-0.3, -0.25) is 9.59 Å². The molecule has 0 spiro atoms. The van der Waals surface area contributed by atoms with Gasteiger partial charge in [0.05, 0.1) is 19.1 Å². The number of amides is 2. The molecule has 1 saturated carbocycles. The second-order valence-corrected chi connectivity index (χ2v) is 12.3. The molecule has 4 rings (SSSR count). The summed E-state index contributed by atoms with van der Waals surface area (Å²) >= 11 is 0. The minimum Gasteiger partial charge on any atom is -0.493 e. The van der Waals surface area contributed by atoms with Crippen LogP contribution in [0, 0.1) is 5.82 Å². The highest BCUT2D eigenvalue weighted by Crippen LogP contribution is 2.27. The zero-order valence-electron chi connectivity index (χ0n) is 24.6. The number of carbonyl (C=O) groups is 2. The van der Waals surface area contributed by atoms with Gasteiger partial charge >= 0.3 is 0 Å². The number of nitrogens with zero attached hydrogens (tertiary/aromatic N) is 1. The van der Waals surface area contributed by atoms with Gasteiger partial charge in [0.15, 0.2) is 11.5 Å². The maximum atomic E-state index is 13.5. The highest BCUT2D eigenvalue weighted by atomic mass is 32.2. The number of ether oxygens (including phenoxy) is 2. The van der Waals surface area contributed by atoms with Crippen LogP contribution in [0.2, 0.25) is 0 Å². The summed E-state index contributed by atoms with van der Waals surface area (Å²) in [6.07, 6.45) is 2.72. The molecule has 0 unspecified atom stereocenters. The van der Waals surface area contributed by atoms with Crippen molar-refractivity contribution in [2.75, 3.05) is 20.8 Å². The van der Waals surface area contributed by atoms with Crippen LogP contribution in [-0.4, -0.2) is 58.0 Å². The van der Waals surface area contributed by atoms with Gasteiger partial charge in [-0.05, 0) is 85.7 Å². The number of sulfonamides is 1. The minimum atomic E-state index is -3.56. The topological polar surface area (TPSA) is 114 Å². The number of benzene rings is 3. The third-order valence-corrected chi connectivity index (χ3v) is 8.89. The smallest absolute Gasteiger partial charge is 0.242 e. The molecule has 0 bridgehead atoms. The van der Waals surface area contributed by atoms with Gasteiger partial charge in [0.1, 0.15) is 11.9 Å². The van der Waals surface area contributed by atoms with Crippen LogP contribution in [0.25, 0.3) is 0 Å². The molecule has 0 radical (unpaired) electrons. The first kappa shape index (κ1) is 32.0. The average molecular weight is 612 g/mol. The summed E-state index contributed by atoms with van der Waals surface area (Å²) in [6, 6.07) is 17.1. The van der Waals surface area contributed by atoms with E-state index in [1.54, 1.807) is 51.5 Å². The SMILES string of the molecule is COc1ccc(CCNC(=O)[C@H](C)N(Cc2ccc(F)cc2)C(=O)CCc2ccc(S(=O)(=O)NC3CC3)cc2)cc1OC. The Balaban J connectivity index is 1.38. The van der Waals surface area contributed by atoms with Crippen molar-refractivity contribution < 1.29 is 31.9 Å². The first-order chi connectivity index (χ1) is 20.6. The molecule has 0 aromatic heterocycles. The summed E-state index contributed by atoms with van der Waals surface area (Å²) < 4.78 is 51.7. The molecule has 0 heterocycles. The van der Waals surface area contributed by atoms with E-state index in [1.807, 2.05) is 12.1 Å². The Hall–Kier alpha value is -3.96. The maximum absolute atomic E-state index is 13.5. The van der Waals surface area contributed by atoms with Gasteiger partial charge in [-0.15, -0.1) is 0 Å². The summed E-state index contributed by atoms with van der Waals surface area (Å²) in [5.41, 5.74) is 2.44. The highest BCUT2D eigenvalue weighted by Gasteiger charge is 2.28. The first-order valence-corrected chi connectivity index (χ1v) is 15.7. The molecule has 43 heavy (non-hydrogen) atoms. The van der Waals surface area contributed by atoms with Crippen LogP contribution in [0.4, 0.5) is 4.39 Å². The number of halogens is 1. The summed E-state index contributed by atoms with van der Waals surface area (Å²) in [5, 5.41) is 2.91. The molecule has 1 fully saturated rings. The zero-order chi connectivity index (χ0) is 31.0. The lowest BCUT2D eigenvalue weighted by molar-refractivity contribution is -0.140. The lowest BCUT2D eigenvalue weighted by atomic mass is 10.1. The Morgan fingerprint density at radius 2 is 1.53 bits per heavy atom. The molecule has 11 heteroatoms. The number of aryl methyl sites for hydroxylation is 1. The van der Waals surface area contributed by atoms with E-state index in [0.717, 1.165) is 24.0 Å². The van der Waals surface area contributed by atoms with Crippen molar-refractivity contribution in [3.63, 3.8) is 0 Å². The Bertz CT molecular complexity index is 1510. The zero-order valence-corrected chi connectivity index (χ0v) is 25.5. The van der Waals surface area contributed by atoms with Crippen molar-refractivity contribution in [2.24, 2.45) is 0 Å². The molecular formula is C32H38FN3O6S. The molecule has 0 aliphatic heterocycles. The van der Waals surface area contributed by atoms with Crippen LogP contribution < -0.4 is 19.5 Å². The minimum absolute atomic E-state index is 0.0135. The van der Waals surface area contributed by atoms with E-state index >= 15 is 0 Å². The number of rotatable bonds is 15. The fraction of sp³-hybridized carbons (Fsp3) is 0.375. The Morgan fingerprint density at radius 3 is 2.16 bits per heavy atom. The standard InChI is InChI=1S/C32H38FN3O6S/c1-22(32(38)34-19-18-24-8-16-29(41-2)30(20-24)42-3)36(21-25-4-10-26(33)11-5-25)31(37)17-9-23-6-14-28(15-7-23)43(39,40)35-27-12-13-27/h4-8,10-11,14-16,20,22,27,35H,9,12-13,17-19,21H2,1-3H3,(H,34,38)/t22-/m0/s1. The summed E-state index contributed by atoms with van der Waals surface area (Å²) in [4.78, 5) is 28.3. The van der Waals surface area contributed by atoms with Gasteiger partial charge in [-0.2, -0.15) is 0 Å². The van der Waals surface area contributed by atoms with Gasteiger partial charge in [0.25, 0.3) is 0 Å². The number of methoxy groups -OCH3 is 2. The van der Waals surface area contributed by atoms with E-state index in [4.69, 9.17) is 9.47 Å². The predicted octanol–water partition coefficient (Wildman–Crippen LogP) is 3.99. The average Bonchev–Trinajstić information content (AvgIpc) is 3.82. The molecule has 3 aromatic rings. The van der Waals surface area contributed by atoms with Crippen molar-refractivity contribution in [1.29, 1.82) is 0 Å². The second kappa shape index (κ2) is 14.5. The second-order valence-electron chi connectivity index (χ2n) is 10.6. The molecule has 1 atom stereocenters. The fourth-order valence-electron chi connectivity index (χ4n) is 4.60. The third-order valence-electron chi connectivity index (χ3n) is 7.35. The van der Waals surface area contributed by atoms with E-state index in [0.29, 0.717) is 36.4 Å². The number of hydrogen-bond donors (Lipinski definition) is 2. The van der Waals surface area contributed by atoms with E-state index < -0.39 is 16.1 Å². The van der Waals surface area contributed by atoms with Crippen LogP contribution in [0.5, 0.6) is 11.5 Å². The third kappa shape index (κ3) is 9.01. The van der Waals surface area contributed by atoms with E-state index in [-0.39, 0.29) is 41.5 Å². The molecule has 1 aliphatic rings. The molecular weight excluding hydrogens is 573 g/mol. The van der Waals surface area contributed by atoms with Crippen LogP contribution in [0.15, 0.2) is 71.6 Å². The van der Waals surface area contributed by atoms with Crippen LogP contribution in [0.1, 0.15) is 42.9 Å². The quantitative estimate of drug-likeness (QED) is 0.269. The molecule has 230 valence electrons. The van der Waals surface area contributed by atoms with Crippen LogP contribution in [-0.2, 0) is 39.0 Å². The highest BCUT2D eigenvalue weighted by molar-refractivity contribution is 7.89. The molecule has 1 aliphatic carbocycles. The first-order valence-electron chi connectivity index (χ1n) is 14.2. The van der Waals surface area contributed by atoms with Crippen LogP contribution in [0.3, 0.4) is 0 Å². The summed E-state index contributed by atoms with van der Waals surface area (Å²) in [5.74, 6) is 0.264. The van der Waals surface area contributed by atoms with Gasteiger partial charge in [0.2, 0.25) is 21.8 Å². The molecule has 2 amide bonds. The van der Waals surface area contributed by atoms with Crippen molar-refractivity contribution in [3.8, 4) is 11.5 Å². The van der Waals surface area contributed by atoms with Gasteiger partial charge < -0.3 is 19.7 Å².